The highest BCUT2D eigenvalue weighted by atomic mass is 32.1. The van der Waals surface area contributed by atoms with Crippen molar-refractivity contribution in [2.75, 3.05) is 19.5 Å². The van der Waals surface area contributed by atoms with Gasteiger partial charge in [0.05, 0.1) is 25.5 Å². The molecule has 0 saturated heterocycles. The molecule has 0 saturated carbocycles. The van der Waals surface area contributed by atoms with E-state index in [1.54, 1.807) is 18.2 Å². The smallest absolute Gasteiger partial charge is 0.226 e. The fourth-order valence-electron chi connectivity index (χ4n) is 3.58. The molecule has 0 unspecified atom stereocenters. The second kappa shape index (κ2) is 8.67. The predicted octanol–water partition coefficient (Wildman–Crippen LogP) is 4.53. The Morgan fingerprint density at radius 3 is 2.70 bits per heavy atom. The molecule has 0 fully saturated rings. The van der Waals surface area contributed by atoms with Gasteiger partial charge in [0.1, 0.15) is 11.5 Å². The first-order valence-electron chi connectivity index (χ1n) is 9.72. The lowest BCUT2D eigenvalue weighted by Gasteiger charge is -2.13. The molecule has 1 aliphatic rings. The van der Waals surface area contributed by atoms with Crippen molar-refractivity contribution < 1.29 is 19.1 Å². The highest BCUT2D eigenvalue weighted by Gasteiger charge is 2.21. The lowest BCUT2D eigenvalue weighted by Crippen LogP contribution is -2.13. The van der Waals surface area contributed by atoms with Gasteiger partial charge in [0.15, 0.2) is 10.9 Å². The first-order valence-corrected chi connectivity index (χ1v) is 10.5. The molecule has 1 aliphatic carbocycles. The van der Waals surface area contributed by atoms with Gasteiger partial charge in [0.25, 0.3) is 0 Å². The van der Waals surface area contributed by atoms with Crippen LogP contribution >= 0.6 is 11.3 Å². The Morgan fingerprint density at radius 2 is 1.90 bits per heavy atom. The molecule has 30 heavy (non-hydrogen) atoms. The van der Waals surface area contributed by atoms with E-state index in [1.807, 2.05) is 12.1 Å². The Bertz CT molecular complexity index is 1110. The molecule has 0 atom stereocenters. The van der Waals surface area contributed by atoms with Crippen LogP contribution in [-0.2, 0) is 17.6 Å². The van der Waals surface area contributed by atoms with Gasteiger partial charge in [0.2, 0.25) is 5.91 Å². The monoisotopic (exact) mass is 422 g/mol. The molecule has 0 spiro atoms. The molecule has 0 aliphatic heterocycles. The maximum absolute atomic E-state index is 12.6. The number of anilines is 1. The number of amides is 1. The molecular formula is C23H22N2O4S. The fraction of sp³-hybridized carbons (Fsp3) is 0.261. The molecule has 1 heterocycles. The summed E-state index contributed by atoms with van der Waals surface area (Å²) in [5, 5.41) is 3.43. The van der Waals surface area contributed by atoms with Crippen LogP contribution in [0.2, 0.25) is 0 Å². The lowest BCUT2D eigenvalue weighted by atomic mass is 9.94. The van der Waals surface area contributed by atoms with Crippen LogP contribution in [0, 0.1) is 0 Å². The molecule has 6 nitrogen and oxygen atoms in total. The molecule has 4 rings (SSSR count). The summed E-state index contributed by atoms with van der Waals surface area (Å²) in [5.74, 6) is 0.627. The van der Waals surface area contributed by atoms with Gasteiger partial charge in [-0.3, -0.25) is 9.59 Å². The molecular weight excluding hydrogens is 400 g/mol. The first-order chi connectivity index (χ1) is 14.6. The van der Waals surface area contributed by atoms with Crippen molar-refractivity contribution >= 4 is 28.2 Å². The van der Waals surface area contributed by atoms with Crippen LogP contribution in [0.4, 0.5) is 5.13 Å². The molecule has 3 aromatic rings. The lowest BCUT2D eigenvalue weighted by molar-refractivity contribution is -0.116. The molecule has 2 aromatic carbocycles. The number of hydrogen-bond acceptors (Lipinski definition) is 6. The minimum absolute atomic E-state index is 0.0695. The van der Waals surface area contributed by atoms with Crippen LogP contribution in [0.3, 0.4) is 0 Å². The number of aryl methyl sites for hydroxylation is 2. The summed E-state index contributed by atoms with van der Waals surface area (Å²) in [5.41, 5.74) is 3.78. The first kappa shape index (κ1) is 20.1. The van der Waals surface area contributed by atoms with Gasteiger partial charge in [-0.05, 0) is 36.6 Å². The van der Waals surface area contributed by atoms with Gasteiger partial charge in [0, 0.05) is 23.3 Å². The van der Waals surface area contributed by atoms with Crippen molar-refractivity contribution in [2.45, 2.75) is 25.7 Å². The summed E-state index contributed by atoms with van der Waals surface area (Å²) in [6.07, 6.45) is 2.05. The van der Waals surface area contributed by atoms with Crippen molar-refractivity contribution in [3.8, 4) is 22.8 Å². The SMILES string of the molecule is COc1ccc(OC)c(C(=O)CCC(=O)Nc2nc3c(s2)CCc2ccccc2-3)c1. The van der Waals surface area contributed by atoms with Crippen LogP contribution in [-0.4, -0.2) is 30.9 Å². The van der Waals surface area contributed by atoms with Crippen LogP contribution in [0.25, 0.3) is 11.3 Å². The summed E-state index contributed by atoms with van der Waals surface area (Å²) >= 11 is 1.50. The van der Waals surface area contributed by atoms with E-state index in [-0.39, 0.29) is 24.5 Å². The number of ketones is 1. The van der Waals surface area contributed by atoms with E-state index >= 15 is 0 Å². The third-order valence-electron chi connectivity index (χ3n) is 5.12. The maximum Gasteiger partial charge on any atom is 0.226 e. The normalized spacial score (nSPS) is 11.9. The van der Waals surface area contributed by atoms with Gasteiger partial charge >= 0.3 is 0 Å². The van der Waals surface area contributed by atoms with Crippen LogP contribution in [0.15, 0.2) is 42.5 Å². The number of carbonyl (C=O) groups excluding carboxylic acids is 2. The number of methoxy groups -OCH3 is 2. The third-order valence-corrected chi connectivity index (χ3v) is 6.15. The van der Waals surface area contributed by atoms with Crippen LogP contribution in [0.1, 0.15) is 33.6 Å². The number of thiazole rings is 1. The Kier molecular flexibility index (Phi) is 5.81. The van der Waals surface area contributed by atoms with Crippen molar-refractivity contribution in [3.63, 3.8) is 0 Å². The summed E-state index contributed by atoms with van der Waals surface area (Å²) in [7, 11) is 3.04. The van der Waals surface area contributed by atoms with E-state index in [9.17, 15) is 9.59 Å². The number of nitrogens with one attached hydrogen (secondary N) is 1. The molecule has 1 amide bonds. The molecule has 0 bridgehead atoms. The summed E-state index contributed by atoms with van der Waals surface area (Å²) in [6.45, 7) is 0. The topological polar surface area (TPSA) is 77.5 Å². The van der Waals surface area contributed by atoms with Gasteiger partial charge in [-0.1, -0.05) is 24.3 Å². The molecule has 1 N–H and O–H groups in total. The molecule has 154 valence electrons. The zero-order valence-corrected chi connectivity index (χ0v) is 17.7. The van der Waals surface area contributed by atoms with E-state index in [0.717, 1.165) is 24.1 Å². The summed E-state index contributed by atoms with van der Waals surface area (Å²) in [6, 6.07) is 13.3. The van der Waals surface area contributed by atoms with Crippen LogP contribution in [0.5, 0.6) is 11.5 Å². The maximum atomic E-state index is 12.6. The van der Waals surface area contributed by atoms with E-state index in [4.69, 9.17) is 9.47 Å². The van der Waals surface area contributed by atoms with Crippen molar-refractivity contribution in [1.29, 1.82) is 0 Å². The predicted molar refractivity (Wildman–Crippen MR) is 117 cm³/mol. The zero-order chi connectivity index (χ0) is 21.1. The largest absolute Gasteiger partial charge is 0.497 e. The van der Waals surface area contributed by atoms with Gasteiger partial charge in [-0.15, -0.1) is 11.3 Å². The Labute approximate surface area is 178 Å². The zero-order valence-electron chi connectivity index (χ0n) is 16.9. The number of Topliss-reactive ketones (excluding diaryl/α,β-unsaturated/α-hetero) is 1. The van der Waals surface area contributed by atoms with E-state index in [2.05, 4.69) is 22.4 Å². The minimum atomic E-state index is -0.232. The number of fused-ring (bicyclic) bond motifs is 3. The molecule has 1 aromatic heterocycles. The van der Waals surface area contributed by atoms with Crippen molar-refractivity contribution in [1.82, 2.24) is 4.98 Å². The molecule has 7 heteroatoms. The number of hydrogen-bond donors (Lipinski definition) is 1. The van der Waals surface area contributed by atoms with Crippen LogP contribution < -0.4 is 14.8 Å². The second-order valence-electron chi connectivity index (χ2n) is 6.99. The second-order valence-corrected chi connectivity index (χ2v) is 8.07. The van der Waals surface area contributed by atoms with E-state index < -0.39 is 0 Å². The fourth-order valence-corrected chi connectivity index (χ4v) is 4.57. The Hall–Kier alpha value is -3.19. The van der Waals surface area contributed by atoms with E-state index in [0.29, 0.717) is 22.2 Å². The Balaban J connectivity index is 1.41. The Morgan fingerprint density at radius 1 is 1.07 bits per heavy atom. The summed E-state index contributed by atoms with van der Waals surface area (Å²) in [4.78, 5) is 30.9. The van der Waals surface area contributed by atoms with Gasteiger partial charge < -0.3 is 14.8 Å². The highest BCUT2D eigenvalue weighted by Crippen LogP contribution is 2.38. The third kappa shape index (κ3) is 4.07. The van der Waals surface area contributed by atoms with E-state index in [1.165, 1.54) is 36.0 Å². The summed E-state index contributed by atoms with van der Waals surface area (Å²) < 4.78 is 10.4. The van der Waals surface area contributed by atoms with Crippen molar-refractivity contribution in [3.05, 3.63) is 58.5 Å². The highest BCUT2D eigenvalue weighted by molar-refractivity contribution is 7.16. The average Bonchev–Trinajstić information content (AvgIpc) is 3.19. The number of nitrogens with zero attached hydrogens (tertiary/aromatic N) is 1. The number of aromatic nitrogens is 1. The molecule has 0 radical (unpaired) electrons. The number of carbonyl (C=O) groups is 2. The van der Waals surface area contributed by atoms with Gasteiger partial charge in [-0.2, -0.15) is 0 Å². The van der Waals surface area contributed by atoms with Gasteiger partial charge in [-0.25, -0.2) is 4.98 Å². The minimum Gasteiger partial charge on any atom is -0.497 e. The average molecular weight is 423 g/mol. The standard InChI is InChI=1S/C23H22N2O4S/c1-28-15-8-10-19(29-2)17(13-15)18(26)9-12-21(27)24-23-25-22-16-6-4-3-5-14(16)7-11-20(22)30-23/h3-6,8,10,13H,7,9,11-12H2,1-2H3,(H,24,25,27). The number of rotatable bonds is 7. The number of benzene rings is 2. The number of ether oxygens (including phenoxy) is 2. The quantitative estimate of drug-likeness (QED) is 0.566. The van der Waals surface area contributed by atoms with Crippen molar-refractivity contribution in [2.24, 2.45) is 0 Å².